The van der Waals surface area contributed by atoms with E-state index in [0.29, 0.717) is 19.4 Å². The minimum atomic E-state index is -0.873. The van der Waals surface area contributed by atoms with Gasteiger partial charge in [-0.2, -0.15) is 0 Å². The van der Waals surface area contributed by atoms with Crippen molar-refractivity contribution in [2.45, 2.75) is 19.3 Å². The first-order chi connectivity index (χ1) is 8.52. The first-order valence-corrected chi connectivity index (χ1v) is 5.84. The molecule has 6 heteroatoms. The van der Waals surface area contributed by atoms with Crippen LogP contribution in [0, 0.1) is 5.82 Å². The highest BCUT2D eigenvalue weighted by atomic mass is 35.5. The van der Waals surface area contributed by atoms with Gasteiger partial charge in [-0.1, -0.05) is 17.7 Å². The van der Waals surface area contributed by atoms with Crippen LogP contribution in [-0.4, -0.2) is 23.5 Å². The lowest BCUT2D eigenvalue weighted by molar-refractivity contribution is -0.137. The Bertz CT molecular complexity index is 451. The fourth-order valence-electron chi connectivity index (χ4n) is 1.38. The molecule has 0 heterocycles. The molecular formula is C12H13ClFNO3. The Kier molecular flexibility index (Phi) is 5.58. The van der Waals surface area contributed by atoms with Crippen molar-refractivity contribution >= 4 is 23.5 Å². The number of carboxylic acids is 1. The molecule has 1 amide bonds. The number of carbonyl (C=O) groups excluding carboxylic acids is 1. The molecule has 0 saturated carbocycles. The van der Waals surface area contributed by atoms with Gasteiger partial charge < -0.3 is 10.4 Å². The van der Waals surface area contributed by atoms with Crippen LogP contribution in [0.2, 0.25) is 5.02 Å². The summed E-state index contributed by atoms with van der Waals surface area (Å²) in [7, 11) is 0. The maximum absolute atomic E-state index is 13.5. The van der Waals surface area contributed by atoms with E-state index in [1.165, 1.54) is 18.2 Å². The third kappa shape index (κ3) is 4.33. The number of hydrogen-bond donors (Lipinski definition) is 2. The summed E-state index contributed by atoms with van der Waals surface area (Å²) in [5.74, 6) is -2.17. The Hall–Kier alpha value is -1.62. The first-order valence-electron chi connectivity index (χ1n) is 5.46. The Morgan fingerprint density at radius 3 is 2.72 bits per heavy atom. The third-order valence-corrected chi connectivity index (χ3v) is 2.59. The van der Waals surface area contributed by atoms with Gasteiger partial charge in [0.25, 0.3) is 5.91 Å². The van der Waals surface area contributed by atoms with Crippen LogP contribution >= 0.6 is 11.6 Å². The second-order valence-electron chi connectivity index (χ2n) is 3.71. The number of carbonyl (C=O) groups is 2. The molecule has 4 nitrogen and oxygen atoms in total. The van der Waals surface area contributed by atoms with Crippen molar-refractivity contribution in [3.05, 3.63) is 34.6 Å². The highest BCUT2D eigenvalue weighted by molar-refractivity contribution is 6.31. The molecule has 0 aliphatic heterocycles. The molecule has 0 aliphatic carbocycles. The fourth-order valence-corrected chi connectivity index (χ4v) is 1.55. The number of nitrogens with one attached hydrogen (secondary N) is 1. The highest BCUT2D eigenvalue weighted by Gasteiger charge is 2.13. The van der Waals surface area contributed by atoms with Crippen LogP contribution in [0.1, 0.15) is 29.6 Å². The van der Waals surface area contributed by atoms with Crippen molar-refractivity contribution < 1.29 is 19.1 Å². The Balaban J connectivity index is 2.41. The molecule has 0 atom stereocenters. The number of hydrogen-bond acceptors (Lipinski definition) is 2. The van der Waals surface area contributed by atoms with E-state index >= 15 is 0 Å². The van der Waals surface area contributed by atoms with Crippen LogP contribution in [0.25, 0.3) is 0 Å². The highest BCUT2D eigenvalue weighted by Crippen LogP contribution is 2.17. The smallest absolute Gasteiger partial charge is 0.303 e. The maximum Gasteiger partial charge on any atom is 0.303 e. The van der Waals surface area contributed by atoms with Gasteiger partial charge in [0, 0.05) is 13.0 Å². The molecule has 0 aromatic heterocycles. The van der Waals surface area contributed by atoms with Gasteiger partial charge in [-0.25, -0.2) is 4.39 Å². The summed E-state index contributed by atoms with van der Waals surface area (Å²) < 4.78 is 13.5. The first kappa shape index (κ1) is 14.4. The lowest BCUT2D eigenvalue weighted by Crippen LogP contribution is -2.25. The van der Waals surface area contributed by atoms with Gasteiger partial charge in [0.05, 0.1) is 10.6 Å². The molecule has 0 aliphatic rings. The normalized spacial score (nSPS) is 10.1. The number of benzene rings is 1. The largest absolute Gasteiger partial charge is 0.481 e. The molecule has 0 fully saturated rings. The third-order valence-electron chi connectivity index (χ3n) is 2.30. The summed E-state index contributed by atoms with van der Waals surface area (Å²) in [5.41, 5.74) is -0.110. The van der Waals surface area contributed by atoms with E-state index in [2.05, 4.69) is 5.32 Å². The molecule has 0 bridgehead atoms. The van der Waals surface area contributed by atoms with Crippen molar-refractivity contribution in [2.75, 3.05) is 6.54 Å². The lowest BCUT2D eigenvalue weighted by Gasteiger charge is -2.06. The average molecular weight is 274 g/mol. The summed E-state index contributed by atoms with van der Waals surface area (Å²) >= 11 is 5.56. The minimum absolute atomic E-state index is 0.0569. The monoisotopic (exact) mass is 273 g/mol. The van der Waals surface area contributed by atoms with Crippen molar-refractivity contribution in [1.29, 1.82) is 0 Å². The molecule has 0 unspecified atom stereocenters. The van der Waals surface area contributed by atoms with Gasteiger partial charge in [-0.05, 0) is 25.0 Å². The van der Waals surface area contributed by atoms with Crippen LogP contribution < -0.4 is 5.32 Å². The number of rotatable bonds is 6. The number of amides is 1. The molecule has 0 radical (unpaired) electrons. The minimum Gasteiger partial charge on any atom is -0.481 e. The van der Waals surface area contributed by atoms with Crippen molar-refractivity contribution in [2.24, 2.45) is 0 Å². The van der Waals surface area contributed by atoms with E-state index in [-0.39, 0.29) is 17.0 Å². The lowest BCUT2D eigenvalue weighted by atomic mass is 10.2. The Morgan fingerprint density at radius 1 is 1.33 bits per heavy atom. The van der Waals surface area contributed by atoms with E-state index in [9.17, 15) is 14.0 Å². The van der Waals surface area contributed by atoms with E-state index < -0.39 is 17.7 Å². The molecular weight excluding hydrogens is 261 g/mol. The zero-order valence-corrected chi connectivity index (χ0v) is 10.3. The number of halogens is 2. The van der Waals surface area contributed by atoms with Gasteiger partial charge in [-0.3, -0.25) is 9.59 Å². The summed E-state index contributed by atoms with van der Waals surface area (Å²) in [4.78, 5) is 21.8. The zero-order valence-electron chi connectivity index (χ0n) is 9.58. The van der Waals surface area contributed by atoms with Crippen LogP contribution in [0.4, 0.5) is 4.39 Å². The van der Waals surface area contributed by atoms with Gasteiger partial charge in [0.15, 0.2) is 5.82 Å². The van der Waals surface area contributed by atoms with Crippen molar-refractivity contribution in [3.8, 4) is 0 Å². The van der Waals surface area contributed by atoms with E-state index in [1.807, 2.05) is 0 Å². The topological polar surface area (TPSA) is 66.4 Å². The van der Waals surface area contributed by atoms with E-state index in [1.54, 1.807) is 0 Å². The van der Waals surface area contributed by atoms with E-state index in [0.717, 1.165) is 0 Å². The van der Waals surface area contributed by atoms with Crippen LogP contribution in [0.5, 0.6) is 0 Å². The van der Waals surface area contributed by atoms with Gasteiger partial charge >= 0.3 is 5.97 Å². The summed E-state index contributed by atoms with van der Waals surface area (Å²) in [6.45, 7) is 0.304. The quantitative estimate of drug-likeness (QED) is 0.783. The van der Waals surface area contributed by atoms with Crippen molar-refractivity contribution in [1.82, 2.24) is 5.32 Å². The standard InChI is InChI=1S/C12H13ClFNO3/c13-9-5-3-4-8(11(9)14)12(18)15-7-2-1-6-10(16)17/h3-5H,1-2,6-7H2,(H,15,18)(H,16,17). The predicted octanol–water partition coefficient (Wildman–Crippen LogP) is 2.46. The Labute approximate surface area is 109 Å². The summed E-state index contributed by atoms with van der Waals surface area (Å²) in [6.07, 6.45) is 1.05. The zero-order chi connectivity index (χ0) is 13.5. The van der Waals surface area contributed by atoms with Crippen LogP contribution in [0.3, 0.4) is 0 Å². The summed E-state index contributed by atoms with van der Waals surface area (Å²) in [5, 5.41) is 10.8. The van der Waals surface area contributed by atoms with Gasteiger partial charge in [0.2, 0.25) is 0 Å². The molecule has 98 valence electrons. The average Bonchev–Trinajstić information content (AvgIpc) is 2.31. The molecule has 1 aromatic carbocycles. The molecule has 0 spiro atoms. The number of aliphatic carboxylic acids is 1. The maximum atomic E-state index is 13.5. The predicted molar refractivity (Wildman–Crippen MR) is 65.2 cm³/mol. The molecule has 1 aromatic rings. The van der Waals surface area contributed by atoms with Gasteiger partial charge in [-0.15, -0.1) is 0 Å². The van der Waals surface area contributed by atoms with Crippen LogP contribution in [-0.2, 0) is 4.79 Å². The molecule has 0 saturated heterocycles. The van der Waals surface area contributed by atoms with Crippen LogP contribution in [0.15, 0.2) is 18.2 Å². The molecule has 18 heavy (non-hydrogen) atoms. The number of unbranched alkanes of at least 4 members (excludes halogenated alkanes) is 1. The second kappa shape index (κ2) is 6.96. The van der Waals surface area contributed by atoms with Crippen molar-refractivity contribution in [3.63, 3.8) is 0 Å². The fraction of sp³-hybridized carbons (Fsp3) is 0.333. The van der Waals surface area contributed by atoms with E-state index in [4.69, 9.17) is 16.7 Å². The second-order valence-corrected chi connectivity index (χ2v) is 4.12. The van der Waals surface area contributed by atoms with Gasteiger partial charge in [0.1, 0.15) is 0 Å². The molecule has 2 N–H and O–H groups in total. The SMILES string of the molecule is O=C(O)CCCCNC(=O)c1cccc(Cl)c1F. The Morgan fingerprint density at radius 2 is 2.06 bits per heavy atom. The molecule has 1 rings (SSSR count). The number of carboxylic acid groups (broad SMARTS) is 1. The summed E-state index contributed by atoms with van der Waals surface area (Å²) in [6, 6.07) is 4.19.